The molecule has 4 nitrogen and oxygen atoms in total. The van der Waals surface area contributed by atoms with E-state index in [2.05, 4.69) is 26.7 Å². The molecule has 1 radical (unpaired) electrons. The van der Waals surface area contributed by atoms with Crippen LogP contribution in [0.2, 0.25) is 10.0 Å². The first-order chi connectivity index (χ1) is 9.24. The summed E-state index contributed by atoms with van der Waals surface area (Å²) in [5, 5.41) is 14.6. The summed E-state index contributed by atoms with van der Waals surface area (Å²) in [6.45, 7) is 0. The van der Waals surface area contributed by atoms with E-state index in [0.29, 0.717) is 15.9 Å². The number of H-pyrrole nitrogens is 1. The van der Waals surface area contributed by atoms with Crippen LogP contribution < -0.4 is 0 Å². The van der Waals surface area contributed by atoms with Gasteiger partial charge in [0, 0.05) is 17.2 Å². The van der Waals surface area contributed by atoms with Crippen LogP contribution in [0.1, 0.15) is 0 Å². The molecule has 2 aromatic carbocycles. The summed E-state index contributed by atoms with van der Waals surface area (Å²) >= 11 is 12.0. The zero-order chi connectivity index (χ0) is 13.2. The van der Waals surface area contributed by atoms with Gasteiger partial charge >= 0.3 is 0 Å². The van der Waals surface area contributed by atoms with Crippen LogP contribution in [-0.4, -0.2) is 20.6 Å². The molecule has 0 atom stereocenters. The maximum absolute atomic E-state index is 6.12. The quantitative estimate of drug-likeness (QED) is 0.784. The fraction of sp³-hybridized carbons (Fsp3) is 0. The molecule has 6 heteroatoms. The van der Waals surface area contributed by atoms with Crippen molar-refractivity contribution < 1.29 is 0 Å². The van der Waals surface area contributed by atoms with Crippen LogP contribution in [0.5, 0.6) is 0 Å². The fourth-order valence-electron chi connectivity index (χ4n) is 1.76. The van der Waals surface area contributed by atoms with Gasteiger partial charge in [-0.25, -0.2) is 5.10 Å². The van der Waals surface area contributed by atoms with Gasteiger partial charge in [-0.05, 0) is 22.1 Å². The standard InChI is InChI=1S/C13H7Cl2N4/c14-10-5-6-11(12(15)7-10)8-1-3-9(4-2-8)13-16-18-19-17-13/h1-6H,(H,16,17,18,19). The summed E-state index contributed by atoms with van der Waals surface area (Å²) in [5.74, 6) is 0.625. The number of aromatic nitrogens is 4. The lowest BCUT2D eigenvalue weighted by Gasteiger charge is -2.05. The molecule has 0 aliphatic carbocycles. The Morgan fingerprint density at radius 3 is 2.32 bits per heavy atom. The van der Waals surface area contributed by atoms with Crippen LogP contribution in [0.3, 0.4) is 0 Å². The average Bonchev–Trinajstić information content (AvgIpc) is 2.93. The zero-order valence-corrected chi connectivity index (χ0v) is 11.1. The Labute approximate surface area is 119 Å². The Hall–Kier alpha value is -1.91. The predicted molar refractivity (Wildman–Crippen MR) is 73.9 cm³/mol. The van der Waals surface area contributed by atoms with Gasteiger partial charge in [0.25, 0.3) is 0 Å². The highest BCUT2D eigenvalue weighted by atomic mass is 35.5. The monoisotopic (exact) mass is 289 g/mol. The van der Waals surface area contributed by atoms with Gasteiger partial charge in [-0.15, -0.1) is 5.10 Å². The first-order valence-electron chi connectivity index (χ1n) is 5.46. The third-order valence-corrected chi connectivity index (χ3v) is 3.20. The normalized spacial score (nSPS) is 10.6. The lowest BCUT2D eigenvalue weighted by molar-refractivity contribution is 0.881. The molecule has 3 aromatic rings. The number of halogens is 2. The smallest absolute Gasteiger partial charge is 0.179 e. The van der Waals surface area contributed by atoms with E-state index in [-0.39, 0.29) is 0 Å². The van der Waals surface area contributed by atoms with Crippen molar-refractivity contribution in [1.82, 2.24) is 20.6 Å². The molecular weight excluding hydrogens is 283 g/mol. The largest absolute Gasteiger partial charge is 0.239 e. The average molecular weight is 290 g/mol. The molecular formula is C13H7Cl2N4. The molecule has 1 heterocycles. The molecule has 1 aromatic heterocycles. The number of aromatic amines is 1. The van der Waals surface area contributed by atoms with E-state index in [1.807, 2.05) is 30.3 Å². The molecule has 0 unspecified atom stereocenters. The number of nitrogens with zero attached hydrogens (tertiary/aromatic N) is 3. The Balaban J connectivity index is 1.98. The van der Waals surface area contributed by atoms with Crippen molar-refractivity contribution in [2.45, 2.75) is 0 Å². The van der Waals surface area contributed by atoms with Gasteiger partial charge in [0.2, 0.25) is 0 Å². The van der Waals surface area contributed by atoms with Gasteiger partial charge in [0.05, 0.1) is 10.0 Å². The minimum Gasteiger partial charge on any atom is -0.239 e. The van der Waals surface area contributed by atoms with E-state index >= 15 is 0 Å². The summed E-state index contributed by atoms with van der Waals surface area (Å²) in [6, 6.07) is 14.2. The molecule has 0 saturated carbocycles. The minimum atomic E-state index is 0.498. The molecule has 0 fully saturated rings. The maximum atomic E-state index is 6.12. The van der Waals surface area contributed by atoms with Crippen LogP contribution in [0, 0.1) is 6.07 Å². The number of benzene rings is 2. The van der Waals surface area contributed by atoms with Crippen molar-refractivity contribution in [1.29, 1.82) is 0 Å². The first kappa shape index (κ1) is 12.1. The van der Waals surface area contributed by atoms with Crippen molar-refractivity contribution in [3.8, 4) is 22.5 Å². The van der Waals surface area contributed by atoms with Crippen LogP contribution in [-0.2, 0) is 0 Å². The number of rotatable bonds is 2. The third-order valence-electron chi connectivity index (χ3n) is 2.68. The number of nitrogens with one attached hydrogen (secondary N) is 1. The maximum Gasteiger partial charge on any atom is 0.179 e. The van der Waals surface area contributed by atoms with Crippen molar-refractivity contribution in [3.63, 3.8) is 0 Å². The van der Waals surface area contributed by atoms with E-state index in [1.54, 1.807) is 6.07 Å². The molecule has 93 valence electrons. The lowest BCUT2D eigenvalue weighted by atomic mass is 10.0. The molecule has 3 rings (SSSR count). The van der Waals surface area contributed by atoms with E-state index < -0.39 is 0 Å². The summed E-state index contributed by atoms with van der Waals surface area (Å²) in [4.78, 5) is 0. The minimum absolute atomic E-state index is 0.498. The SMILES string of the molecule is Clc1[c]c(Cl)c(-c2ccc(-c3nnn[nH]3)cc2)cc1. The molecule has 0 aliphatic rings. The second-order valence-electron chi connectivity index (χ2n) is 3.86. The van der Waals surface area contributed by atoms with Crippen LogP contribution in [0.25, 0.3) is 22.5 Å². The van der Waals surface area contributed by atoms with Crippen LogP contribution in [0.4, 0.5) is 0 Å². The van der Waals surface area contributed by atoms with Crippen LogP contribution >= 0.6 is 23.2 Å². The Morgan fingerprint density at radius 2 is 1.68 bits per heavy atom. The molecule has 1 N–H and O–H groups in total. The van der Waals surface area contributed by atoms with Gasteiger partial charge in [-0.3, -0.25) is 0 Å². The third kappa shape index (κ3) is 2.45. The number of hydrogen-bond acceptors (Lipinski definition) is 3. The fourth-order valence-corrected chi connectivity index (χ4v) is 2.24. The zero-order valence-electron chi connectivity index (χ0n) is 9.56. The molecule has 0 spiro atoms. The molecule has 0 saturated heterocycles. The van der Waals surface area contributed by atoms with Crippen molar-refractivity contribution in [3.05, 3.63) is 52.5 Å². The van der Waals surface area contributed by atoms with Gasteiger partial charge in [0.1, 0.15) is 0 Å². The van der Waals surface area contributed by atoms with Gasteiger partial charge in [-0.2, -0.15) is 0 Å². The second kappa shape index (κ2) is 4.99. The summed E-state index contributed by atoms with van der Waals surface area (Å²) in [6.07, 6.45) is 0. The summed E-state index contributed by atoms with van der Waals surface area (Å²) in [5.41, 5.74) is 2.77. The summed E-state index contributed by atoms with van der Waals surface area (Å²) < 4.78 is 0. The molecule has 0 amide bonds. The highest BCUT2D eigenvalue weighted by Gasteiger charge is 2.06. The van der Waals surface area contributed by atoms with E-state index in [9.17, 15) is 0 Å². The van der Waals surface area contributed by atoms with Crippen molar-refractivity contribution in [2.75, 3.05) is 0 Å². The van der Waals surface area contributed by atoms with E-state index in [4.69, 9.17) is 23.2 Å². The highest BCUT2D eigenvalue weighted by Crippen LogP contribution is 2.30. The van der Waals surface area contributed by atoms with Gasteiger partial charge in [0.15, 0.2) is 5.82 Å². The number of hydrogen-bond donors (Lipinski definition) is 1. The molecule has 19 heavy (non-hydrogen) atoms. The lowest BCUT2D eigenvalue weighted by Crippen LogP contribution is -1.83. The molecule has 0 aliphatic heterocycles. The topological polar surface area (TPSA) is 54.5 Å². The second-order valence-corrected chi connectivity index (χ2v) is 4.65. The van der Waals surface area contributed by atoms with Gasteiger partial charge < -0.3 is 0 Å². The summed E-state index contributed by atoms with van der Waals surface area (Å²) in [7, 11) is 0. The van der Waals surface area contributed by atoms with E-state index in [1.165, 1.54) is 0 Å². The van der Waals surface area contributed by atoms with Gasteiger partial charge in [-0.1, -0.05) is 53.5 Å². The Kier molecular flexibility index (Phi) is 3.19. The highest BCUT2D eigenvalue weighted by molar-refractivity contribution is 6.36. The molecule has 0 bridgehead atoms. The van der Waals surface area contributed by atoms with E-state index in [0.717, 1.165) is 16.7 Å². The van der Waals surface area contributed by atoms with Crippen molar-refractivity contribution in [2.24, 2.45) is 0 Å². The predicted octanol–water partition coefficient (Wildman–Crippen LogP) is 3.64. The Morgan fingerprint density at radius 1 is 0.947 bits per heavy atom. The van der Waals surface area contributed by atoms with Crippen molar-refractivity contribution >= 4 is 23.2 Å². The first-order valence-corrected chi connectivity index (χ1v) is 6.21. The van der Waals surface area contributed by atoms with Crippen LogP contribution in [0.15, 0.2) is 36.4 Å². The number of tetrazole rings is 1. The Bertz CT molecular complexity index is 693.